The molecule has 0 spiro atoms. The molecule has 0 unspecified atom stereocenters. The zero-order chi connectivity index (χ0) is 11.1. The van der Waals surface area contributed by atoms with Gasteiger partial charge in [-0.25, -0.2) is 4.39 Å². The summed E-state index contributed by atoms with van der Waals surface area (Å²) in [6.07, 6.45) is 3.07. The van der Waals surface area contributed by atoms with Gasteiger partial charge in [0, 0.05) is 5.02 Å². The topological polar surface area (TPSA) is 12.0 Å². The van der Waals surface area contributed by atoms with Crippen molar-refractivity contribution in [3.05, 3.63) is 34.6 Å². The number of unbranched alkanes of at least 4 members (excludes halogenated alkanes) is 1. The third kappa shape index (κ3) is 5.14. The van der Waals surface area contributed by atoms with Gasteiger partial charge in [0.2, 0.25) is 0 Å². The van der Waals surface area contributed by atoms with Crippen LogP contribution in [0, 0.1) is 5.82 Å². The molecule has 0 heterocycles. The molecule has 1 aromatic carbocycles. The van der Waals surface area contributed by atoms with E-state index in [1.807, 2.05) is 6.07 Å². The van der Waals surface area contributed by atoms with Crippen LogP contribution >= 0.6 is 11.6 Å². The first-order valence-electron chi connectivity index (χ1n) is 5.38. The summed E-state index contributed by atoms with van der Waals surface area (Å²) in [7, 11) is 0. The summed E-state index contributed by atoms with van der Waals surface area (Å²) in [4.78, 5) is 0. The van der Waals surface area contributed by atoms with Gasteiger partial charge < -0.3 is 5.32 Å². The first-order valence-corrected chi connectivity index (χ1v) is 5.76. The quantitative estimate of drug-likeness (QED) is 0.738. The van der Waals surface area contributed by atoms with Crippen LogP contribution in [-0.4, -0.2) is 13.1 Å². The molecule has 0 aliphatic heterocycles. The number of hydrogen-bond donors (Lipinski definition) is 1. The van der Waals surface area contributed by atoms with Gasteiger partial charge in [-0.15, -0.1) is 0 Å². The van der Waals surface area contributed by atoms with Gasteiger partial charge in [0.25, 0.3) is 0 Å². The molecule has 1 N–H and O–H groups in total. The molecule has 1 aromatic rings. The van der Waals surface area contributed by atoms with Gasteiger partial charge >= 0.3 is 0 Å². The molecule has 0 fully saturated rings. The highest BCUT2D eigenvalue weighted by atomic mass is 35.5. The fourth-order valence-corrected chi connectivity index (χ4v) is 1.76. The zero-order valence-corrected chi connectivity index (χ0v) is 9.78. The van der Waals surface area contributed by atoms with E-state index in [0.717, 1.165) is 37.9 Å². The highest BCUT2D eigenvalue weighted by Gasteiger charge is 1.99. The molecule has 1 nitrogen and oxygen atoms in total. The van der Waals surface area contributed by atoms with Gasteiger partial charge in [0.1, 0.15) is 5.82 Å². The van der Waals surface area contributed by atoms with E-state index in [2.05, 4.69) is 12.2 Å². The second kappa shape index (κ2) is 6.81. The van der Waals surface area contributed by atoms with Gasteiger partial charge in [0.05, 0.1) is 0 Å². The predicted octanol–water partition coefficient (Wildman–Crippen LogP) is 3.41. The molecule has 3 heteroatoms. The Bertz CT molecular complexity index is 281. The Morgan fingerprint density at radius 3 is 2.73 bits per heavy atom. The highest BCUT2D eigenvalue weighted by Crippen LogP contribution is 2.15. The number of nitrogens with one attached hydrogen (secondary N) is 1. The third-order valence-corrected chi connectivity index (χ3v) is 2.46. The molecule has 0 aliphatic carbocycles. The Balaban J connectivity index is 2.31. The summed E-state index contributed by atoms with van der Waals surface area (Å²) >= 11 is 5.76. The Labute approximate surface area is 95.6 Å². The normalized spacial score (nSPS) is 10.6. The van der Waals surface area contributed by atoms with E-state index in [1.54, 1.807) is 6.07 Å². The molecule has 0 bridgehead atoms. The molecule has 15 heavy (non-hydrogen) atoms. The van der Waals surface area contributed by atoms with Crippen molar-refractivity contribution in [2.24, 2.45) is 0 Å². The van der Waals surface area contributed by atoms with E-state index in [1.165, 1.54) is 6.07 Å². The van der Waals surface area contributed by atoms with Crippen LogP contribution in [0.3, 0.4) is 0 Å². The molecule has 0 saturated heterocycles. The van der Waals surface area contributed by atoms with Gasteiger partial charge in [-0.05, 0) is 56.1 Å². The largest absolute Gasteiger partial charge is 0.317 e. The van der Waals surface area contributed by atoms with E-state index in [9.17, 15) is 4.39 Å². The average Bonchev–Trinajstić information content (AvgIpc) is 2.16. The van der Waals surface area contributed by atoms with Crippen LogP contribution in [-0.2, 0) is 6.42 Å². The van der Waals surface area contributed by atoms with Crippen LogP contribution in [0.5, 0.6) is 0 Å². The maximum Gasteiger partial charge on any atom is 0.124 e. The van der Waals surface area contributed by atoms with Crippen molar-refractivity contribution in [1.29, 1.82) is 0 Å². The van der Waals surface area contributed by atoms with Crippen LogP contribution in [0.25, 0.3) is 0 Å². The molecule has 0 radical (unpaired) electrons. The molecule has 1 rings (SSSR count). The van der Waals surface area contributed by atoms with E-state index >= 15 is 0 Å². The molecule has 0 saturated carbocycles. The van der Waals surface area contributed by atoms with Crippen molar-refractivity contribution in [1.82, 2.24) is 5.32 Å². The minimum atomic E-state index is -0.246. The fourth-order valence-electron chi connectivity index (χ4n) is 1.51. The summed E-state index contributed by atoms with van der Waals surface area (Å²) in [6, 6.07) is 4.72. The van der Waals surface area contributed by atoms with Gasteiger partial charge in [0.15, 0.2) is 0 Å². The standard InChI is InChI=1S/C12H17ClFN/c1-2-15-6-4-3-5-10-7-11(13)9-12(14)8-10/h7-9,15H,2-6H2,1H3. The van der Waals surface area contributed by atoms with Crippen molar-refractivity contribution in [2.75, 3.05) is 13.1 Å². The molecule has 84 valence electrons. The lowest BCUT2D eigenvalue weighted by atomic mass is 10.1. The number of benzene rings is 1. The smallest absolute Gasteiger partial charge is 0.124 e. The van der Waals surface area contributed by atoms with Gasteiger partial charge in [-0.1, -0.05) is 18.5 Å². The van der Waals surface area contributed by atoms with Crippen LogP contribution in [0.1, 0.15) is 25.3 Å². The van der Waals surface area contributed by atoms with E-state index in [0.29, 0.717) is 5.02 Å². The second-order valence-corrected chi connectivity index (χ2v) is 4.02. The van der Waals surface area contributed by atoms with Crippen LogP contribution in [0.15, 0.2) is 18.2 Å². The van der Waals surface area contributed by atoms with Gasteiger partial charge in [-0.2, -0.15) is 0 Å². The van der Waals surface area contributed by atoms with Crippen molar-refractivity contribution in [3.63, 3.8) is 0 Å². The Kier molecular flexibility index (Phi) is 5.66. The minimum absolute atomic E-state index is 0.246. The molecule has 0 amide bonds. The molecular weight excluding hydrogens is 213 g/mol. The Morgan fingerprint density at radius 2 is 2.07 bits per heavy atom. The fraction of sp³-hybridized carbons (Fsp3) is 0.500. The molecule has 0 atom stereocenters. The van der Waals surface area contributed by atoms with E-state index < -0.39 is 0 Å². The summed E-state index contributed by atoms with van der Waals surface area (Å²) in [6.45, 7) is 4.12. The second-order valence-electron chi connectivity index (χ2n) is 3.59. The highest BCUT2D eigenvalue weighted by molar-refractivity contribution is 6.30. The number of hydrogen-bond acceptors (Lipinski definition) is 1. The van der Waals surface area contributed by atoms with Crippen molar-refractivity contribution < 1.29 is 4.39 Å². The average molecular weight is 230 g/mol. The molecule has 0 aromatic heterocycles. The first kappa shape index (κ1) is 12.5. The SMILES string of the molecule is CCNCCCCc1cc(F)cc(Cl)c1. The summed E-state index contributed by atoms with van der Waals surface area (Å²) in [5, 5.41) is 3.74. The molecule has 0 aliphatic rings. The number of aryl methyl sites for hydroxylation is 1. The third-order valence-electron chi connectivity index (χ3n) is 2.24. The lowest BCUT2D eigenvalue weighted by molar-refractivity contribution is 0.619. The van der Waals surface area contributed by atoms with Crippen molar-refractivity contribution in [3.8, 4) is 0 Å². The lowest BCUT2D eigenvalue weighted by Crippen LogP contribution is -2.13. The Hall–Kier alpha value is -0.600. The lowest BCUT2D eigenvalue weighted by Gasteiger charge is -2.03. The maximum absolute atomic E-state index is 13.0. The zero-order valence-electron chi connectivity index (χ0n) is 9.02. The minimum Gasteiger partial charge on any atom is -0.317 e. The van der Waals surface area contributed by atoms with Crippen molar-refractivity contribution in [2.45, 2.75) is 26.2 Å². The summed E-state index contributed by atoms with van der Waals surface area (Å²) < 4.78 is 13.0. The first-order chi connectivity index (χ1) is 7.22. The monoisotopic (exact) mass is 229 g/mol. The Morgan fingerprint density at radius 1 is 1.27 bits per heavy atom. The maximum atomic E-state index is 13.0. The number of halogens is 2. The van der Waals surface area contributed by atoms with Crippen LogP contribution < -0.4 is 5.32 Å². The van der Waals surface area contributed by atoms with E-state index in [-0.39, 0.29) is 5.82 Å². The number of rotatable bonds is 6. The predicted molar refractivity (Wildman–Crippen MR) is 62.9 cm³/mol. The summed E-state index contributed by atoms with van der Waals surface area (Å²) in [5.41, 5.74) is 0.983. The van der Waals surface area contributed by atoms with Crippen molar-refractivity contribution >= 4 is 11.6 Å². The van der Waals surface area contributed by atoms with Crippen LogP contribution in [0.4, 0.5) is 4.39 Å². The van der Waals surface area contributed by atoms with Gasteiger partial charge in [-0.3, -0.25) is 0 Å². The van der Waals surface area contributed by atoms with E-state index in [4.69, 9.17) is 11.6 Å². The summed E-state index contributed by atoms with van der Waals surface area (Å²) in [5.74, 6) is -0.246. The molecular formula is C12H17ClFN. The van der Waals surface area contributed by atoms with Crippen LogP contribution in [0.2, 0.25) is 5.02 Å².